The number of primary amides is 2. The van der Waals surface area contributed by atoms with Crippen molar-refractivity contribution in [1.29, 1.82) is 0 Å². The molecule has 0 aromatic carbocycles. The maximum atomic E-state index is 14.4. The minimum Gasteiger partial charge on any atom is -0.481 e. The number of aliphatic hydroxyl groups is 2. The molecule has 1 heterocycles. The highest BCUT2D eigenvalue weighted by Crippen LogP contribution is 2.21. The number of nitrogens with zero attached hydrogens (tertiary/aromatic N) is 3. The van der Waals surface area contributed by atoms with E-state index in [9.17, 15) is 78.0 Å². The van der Waals surface area contributed by atoms with Crippen LogP contribution in [-0.4, -0.2) is 201 Å². The minimum atomic E-state index is -1.88. The normalized spacial score (nSPS) is 16.7. The van der Waals surface area contributed by atoms with E-state index in [1.54, 1.807) is 0 Å². The number of rotatable bonds is 38. The molecule has 0 aromatic rings. The zero-order valence-electron chi connectivity index (χ0n) is 44.2. The molecule has 34 heteroatoms. The first kappa shape index (κ1) is 69.0. The van der Waals surface area contributed by atoms with Gasteiger partial charge in [0.25, 0.3) is 0 Å². The summed E-state index contributed by atoms with van der Waals surface area (Å²) in [6, 6.07) is -14.3. The highest BCUT2D eigenvalue weighted by Gasteiger charge is 2.41. The van der Waals surface area contributed by atoms with Gasteiger partial charge >= 0.3 is 11.9 Å². The van der Waals surface area contributed by atoms with Crippen molar-refractivity contribution in [2.24, 2.45) is 55.9 Å². The lowest BCUT2D eigenvalue weighted by Crippen LogP contribution is -2.62. The van der Waals surface area contributed by atoms with Crippen molar-refractivity contribution in [3.05, 3.63) is 0 Å². The maximum absolute atomic E-state index is 14.4. The third-order valence-electron chi connectivity index (χ3n) is 12.0. The van der Waals surface area contributed by atoms with E-state index < -0.39 is 150 Å². The smallest absolute Gasteiger partial charge is 0.328 e. The summed E-state index contributed by atoms with van der Waals surface area (Å²) in [5.74, 6) is -13.6. The molecule has 79 heavy (non-hydrogen) atoms. The van der Waals surface area contributed by atoms with Crippen LogP contribution in [0.15, 0.2) is 9.98 Å². The zero-order chi connectivity index (χ0) is 60.1. The molecule has 1 aliphatic rings. The predicted octanol–water partition coefficient (Wildman–Crippen LogP) is -9.21. The van der Waals surface area contributed by atoms with E-state index in [4.69, 9.17) is 45.9 Å². The van der Waals surface area contributed by atoms with E-state index in [1.165, 1.54) is 0 Å². The largest absolute Gasteiger partial charge is 0.481 e. The summed E-state index contributed by atoms with van der Waals surface area (Å²) in [6.07, 6.45) is -5.32. The number of unbranched alkanes of at least 4 members (excludes halogenated alkanes) is 1. The van der Waals surface area contributed by atoms with Crippen LogP contribution in [-0.2, 0) is 57.5 Å². The van der Waals surface area contributed by atoms with Gasteiger partial charge in [-0.15, -0.1) is 0 Å². The summed E-state index contributed by atoms with van der Waals surface area (Å²) >= 11 is 0. The second-order valence-electron chi connectivity index (χ2n) is 18.7. The second kappa shape index (κ2) is 35.4. The van der Waals surface area contributed by atoms with Gasteiger partial charge in [0, 0.05) is 32.5 Å². The molecule has 1 aliphatic heterocycles. The molecule has 446 valence electrons. The Bertz CT molecular complexity index is 2190. The van der Waals surface area contributed by atoms with Gasteiger partial charge in [0.05, 0.1) is 24.7 Å². The second-order valence-corrected chi connectivity index (χ2v) is 18.7. The first-order valence-corrected chi connectivity index (χ1v) is 25.4. The van der Waals surface area contributed by atoms with Crippen LogP contribution in [0.5, 0.6) is 0 Å². The van der Waals surface area contributed by atoms with Crippen LogP contribution in [0.2, 0.25) is 0 Å². The molecule has 0 aliphatic carbocycles. The van der Waals surface area contributed by atoms with Gasteiger partial charge in [-0.3, -0.25) is 62.7 Å². The molecule has 34 nitrogen and oxygen atoms in total. The molecular weight excluding hydrogens is 1050 g/mol. The average Bonchev–Trinajstić information content (AvgIpc) is 3.86. The standard InChI is InChI=1S/C45H80N18O16/c1-21(64)33(41(76)59-27(10-6-18-55-45(52)53)42(77)63-19-7-11-29(63)40(75)60-28(20-32(68)69)39(74)62-34(22(2)65)43(78)79)61-38(73)24(8-3-4-16-46)57-36(71)25(9-5-17-54-44(50)51)58-37(72)26(13-15-31(49)67)56-35(70)23(47)12-14-30(48)66/h21-29,33-34,64-65H,3-20,46-47H2,1-2H3,(H2,48,66)(H2,49,67)(H,56,70)(H,57,71)(H,58,72)(H,59,76)(H,60,75)(H,61,73)(H,62,74)(H,68,69)(H,78,79)(H4,50,51,54)(H4,52,53,55)/t21-,22-,23+,24+,25+,26+,27+,28+,29+,33+,34+/m1/s1. The lowest BCUT2D eigenvalue weighted by atomic mass is 10.0. The van der Waals surface area contributed by atoms with Crippen LogP contribution in [0, 0.1) is 0 Å². The quantitative estimate of drug-likeness (QED) is 0.0155. The Hall–Kier alpha value is -7.98. The van der Waals surface area contributed by atoms with Gasteiger partial charge in [0.1, 0.15) is 42.3 Å². The van der Waals surface area contributed by atoms with Crippen LogP contribution < -0.4 is 83.1 Å². The molecule has 0 saturated carbocycles. The van der Waals surface area contributed by atoms with Crippen molar-refractivity contribution in [1.82, 2.24) is 42.1 Å². The third-order valence-corrected chi connectivity index (χ3v) is 12.0. The molecule has 0 spiro atoms. The lowest BCUT2D eigenvalue weighted by molar-refractivity contribution is -0.146. The summed E-state index contributed by atoms with van der Waals surface area (Å²) in [5, 5.41) is 56.2. The number of likely N-dealkylation sites (tertiary alicyclic amines) is 1. The van der Waals surface area contributed by atoms with Crippen molar-refractivity contribution in [2.75, 3.05) is 26.2 Å². The number of hydrogen-bond donors (Lipinski definition) is 19. The van der Waals surface area contributed by atoms with Gasteiger partial charge < -0.3 is 108 Å². The summed E-state index contributed by atoms with van der Waals surface area (Å²) in [5.41, 5.74) is 43.9. The van der Waals surface area contributed by atoms with E-state index >= 15 is 0 Å². The number of carbonyl (C=O) groups is 12. The molecule has 1 saturated heterocycles. The minimum absolute atomic E-state index is 0.0235. The first-order chi connectivity index (χ1) is 37.0. The maximum Gasteiger partial charge on any atom is 0.328 e. The number of guanidine groups is 2. The van der Waals surface area contributed by atoms with E-state index in [0.29, 0.717) is 6.42 Å². The van der Waals surface area contributed by atoms with Crippen molar-refractivity contribution in [3.63, 3.8) is 0 Å². The van der Waals surface area contributed by atoms with E-state index in [2.05, 4.69) is 41.9 Å². The molecule has 0 unspecified atom stereocenters. The number of nitrogens with one attached hydrogen (secondary N) is 7. The van der Waals surface area contributed by atoms with Gasteiger partial charge in [-0.2, -0.15) is 0 Å². The number of amides is 10. The van der Waals surface area contributed by atoms with Crippen molar-refractivity contribution >= 4 is 82.9 Å². The molecule has 0 aromatic heterocycles. The Kier molecular flexibility index (Phi) is 31.0. The predicted molar refractivity (Wildman–Crippen MR) is 279 cm³/mol. The number of aliphatic hydroxyl groups excluding tert-OH is 2. The summed E-state index contributed by atoms with van der Waals surface area (Å²) in [7, 11) is 0. The Balaban J connectivity index is 3.59. The van der Waals surface area contributed by atoms with Gasteiger partial charge in [-0.1, -0.05) is 0 Å². The average molecular weight is 1130 g/mol. The molecular formula is C45H80N18O16. The van der Waals surface area contributed by atoms with Crippen LogP contribution in [0.4, 0.5) is 0 Å². The van der Waals surface area contributed by atoms with Crippen LogP contribution in [0.25, 0.3) is 0 Å². The first-order valence-electron chi connectivity index (χ1n) is 25.4. The number of hydrogen-bond acceptors (Lipinski definition) is 18. The lowest BCUT2D eigenvalue weighted by Gasteiger charge is -2.31. The molecule has 27 N–H and O–H groups in total. The number of carboxylic acid groups (broad SMARTS) is 2. The van der Waals surface area contributed by atoms with Gasteiger partial charge in [0.15, 0.2) is 18.0 Å². The fourth-order valence-corrected chi connectivity index (χ4v) is 7.82. The van der Waals surface area contributed by atoms with Crippen LogP contribution in [0.3, 0.4) is 0 Å². The van der Waals surface area contributed by atoms with E-state index in [1.807, 2.05) is 5.32 Å². The number of carbonyl (C=O) groups excluding carboxylic acids is 10. The van der Waals surface area contributed by atoms with Crippen LogP contribution in [0.1, 0.15) is 104 Å². The molecule has 0 bridgehead atoms. The molecule has 11 atom stereocenters. The van der Waals surface area contributed by atoms with Gasteiger partial charge in [0.2, 0.25) is 59.1 Å². The van der Waals surface area contributed by atoms with Crippen LogP contribution >= 0.6 is 0 Å². The van der Waals surface area contributed by atoms with Crippen molar-refractivity contribution in [2.45, 2.75) is 170 Å². The topological polar surface area (TPSA) is 606 Å². The Morgan fingerprint density at radius 1 is 0.544 bits per heavy atom. The Labute approximate surface area is 454 Å². The highest BCUT2D eigenvalue weighted by atomic mass is 16.4. The monoisotopic (exact) mass is 1130 g/mol. The van der Waals surface area contributed by atoms with E-state index in [-0.39, 0.29) is 109 Å². The van der Waals surface area contributed by atoms with Gasteiger partial charge in [-0.25, -0.2) is 4.79 Å². The zero-order valence-corrected chi connectivity index (χ0v) is 44.2. The molecule has 1 fully saturated rings. The number of nitrogens with two attached hydrogens (primary N) is 8. The van der Waals surface area contributed by atoms with Gasteiger partial charge in [-0.05, 0) is 91.0 Å². The Morgan fingerprint density at radius 3 is 1.47 bits per heavy atom. The third kappa shape index (κ3) is 26.3. The fourth-order valence-electron chi connectivity index (χ4n) is 7.82. The summed E-state index contributed by atoms with van der Waals surface area (Å²) < 4.78 is 0. The van der Waals surface area contributed by atoms with E-state index in [0.717, 1.165) is 18.7 Å². The SMILES string of the molecule is C[C@@H](O)[C@H](NC(=O)[C@H](CC(=O)O)NC(=O)[C@@H]1CCCN1C(=O)[C@H](CCCN=C(N)N)NC(=O)[C@@H](NC(=O)[C@H](CCCCN)NC(=O)[C@H](CCCN=C(N)N)NC(=O)[C@H](CCC(N)=O)NC(=O)[C@@H](N)CCC(N)=O)[C@@H](C)O)C(=O)O. The molecule has 10 amide bonds. The fraction of sp³-hybridized carbons (Fsp3) is 0.689. The summed E-state index contributed by atoms with van der Waals surface area (Å²) in [6.45, 7) is 2.14. The molecule has 1 rings (SSSR count). The van der Waals surface area contributed by atoms with Crippen molar-refractivity contribution in [3.8, 4) is 0 Å². The Morgan fingerprint density at radius 2 is 0.987 bits per heavy atom. The highest BCUT2D eigenvalue weighted by molar-refractivity contribution is 5.99. The van der Waals surface area contributed by atoms with Crippen molar-refractivity contribution < 1.29 is 78.0 Å². The number of aliphatic carboxylic acids is 2. The molecule has 0 radical (unpaired) electrons. The number of carboxylic acids is 2. The summed E-state index contributed by atoms with van der Waals surface area (Å²) in [4.78, 5) is 166. The number of aliphatic imine (C=N–C) groups is 2.